The summed E-state index contributed by atoms with van der Waals surface area (Å²) in [5, 5.41) is 4.18. The summed E-state index contributed by atoms with van der Waals surface area (Å²) >= 11 is 0. The number of nitrogens with one attached hydrogen (secondary N) is 1. The van der Waals surface area contributed by atoms with Crippen LogP contribution in [0.25, 0.3) is 11.1 Å². The van der Waals surface area contributed by atoms with Crippen LogP contribution < -0.4 is 19.6 Å². The molecule has 1 N–H and O–H groups in total. The molecular formula is C24H22N2O4. The molecule has 1 aliphatic heterocycles. The fraction of sp³-hybridized carbons (Fsp3) is 0.167. The van der Waals surface area contributed by atoms with E-state index < -0.39 is 0 Å². The van der Waals surface area contributed by atoms with E-state index in [0.29, 0.717) is 36.2 Å². The predicted octanol–water partition coefficient (Wildman–Crippen LogP) is 4.04. The van der Waals surface area contributed by atoms with Gasteiger partial charge in [-0.15, -0.1) is 0 Å². The largest absolute Gasteiger partial charge is 0.486 e. The van der Waals surface area contributed by atoms with Gasteiger partial charge in [-0.05, 0) is 36.8 Å². The molecule has 0 aromatic heterocycles. The maximum atomic E-state index is 12.2. The van der Waals surface area contributed by atoms with Crippen molar-refractivity contribution in [3.05, 3.63) is 78.4 Å². The van der Waals surface area contributed by atoms with Crippen LogP contribution in [-0.4, -0.2) is 31.4 Å². The molecule has 3 aromatic rings. The zero-order valence-electron chi connectivity index (χ0n) is 16.6. The number of hydrogen-bond acceptors (Lipinski definition) is 5. The molecule has 0 saturated carbocycles. The second kappa shape index (κ2) is 9.13. The Morgan fingerprint density at radius 1 is 0.967 bits per heavy atom. The van der Waals surface area contributed by atoms with Gasteiger partial charge in [0.05, 0.1) is 5.71 Å². The Hall–Kier alpha value is -3.80. The van der Waals surface area contributed by atoms with Crippen LogP contribution in [0.2, 0.25) is 0 Å². The van der Waals surface area contributed by atoms with Crippen LogP contribution >= 0.6 is 0 Å². The number of para-hydroxylation sites is 1. The normalized spacial score (nSPS) is 12.9. The lowest BCUT2D eigenvalue weighted by Gasteiger charge is -2.18. The number of amides is 1. The first kappa shape index (κ1) is 19.5. The molecule has 152 valence electrons. The molecule has 0 saturated heterocycles. The molecule has 0 fully saturated rings. The average Bonchev–Trinajstić information content (AvgIpc) is 2.81. The molecule has 30 heavy (non-hydrogen) atoms. The van der Waals surface area contributed by atoms with Crippen molar-refractivity contribution >= 4 is 11.6 Å². The van der Waals surface area contributed by atoms with Crippen LogP contribution in [0, 0.1) is 0 Å². The molecule has 0 unspecified atom stereocenters. The number of carbonyl (C=O) groups excluding carboxylic acids is 1. The Labute approximate surface area is 175 Å². The Morgan fingerprint density at radius 3 is 2.53 bits per heavy atom. The summed E-state index contributed by atoms with van der Waals surface area (Å²) in [5.41, 5.74) is 6.00. The van der Waals surface area contributed by atoms with E-state index in [2.05, 4.69) is 10.5 Å². The fourth-order valence-corrected chi connectivity index (χ4v) is 3.10. The van der Waals surface area contributed by atoms with Crippen molar-refractivity contribution in [3.8, 4) is 28.4 Å². The molecule has 0 aliphatic carbocycles. The van der Waals surface area contributed by atoms with Crippen LogP contribution in [0.4, 0.5) is 0 Å². The van der Waals surface area contributed by atoms with Gasteiger partial charge in [0.2, 0.25) is 0 Å². The van der Waals surface area contributed by atoms with Crippen LogP contribution in [-0.2, 0) is 4.79 Å². The van der Waals surface area contributed by atoms with Crippen molar-refractivity contribution in [3.63, 3.8) is 0 Å². The van der Waals surface area contributed by atoms with Crippen molar-refractivity contribution in [2.75, 3.05) is 19.8 Å². The van der Waals surface area contributed by atoms with Gasteiger partial charge in [0.25, 0.3) is 5.91 Å². The molecule has 0 spiro atoms. The number of rotatable bonds is 6. The standard InChI is InChI=1S/C24H22N2O4/c1-17(19-11-12-22-23(15-19)29-14-13-28-22)25-26-24(27)16-30-21-10-6-5-9-20(21)18-7-3-2-4-8-18/h2-12,15H,13-14,16H2,1H3,(H,26,27)/b25-17+. The summed E-state index contributed by atoms with van der Waals surface area (Å²) in [5.74, 6) is 1.70. The van der Waals surface area contributed by atoms with E-state index in [1.54, 1.807) is 0 Å². The average molecular weight is 402 g/mol. The van der Waals surface area contributed by atoms with Crippen molar-refractivity contribution in [1.29, 1.82) is 0 Å². The van der Waals surface area contributed by atoms with Gasteiger partial charge in [-0.3, -0.25) is 4.79 Å². The Balaban J connectivity index is 1.38. The summed E-state index contributed by atoms with van der Waals surface area (Å²) in [4.78, 5) is 12.2. The molecule has 1 aliphatic rings. The van der Waals surface area contributed by atoms with Crippen LogP contribution in [0.5, 0.6) is 17.2 Å². The van der Waals surface area contributed by atoms with Gasteiger partial charge in [0, 0.05) is 11.1 Å². The van der Waals surface area contributed by atoms with Crippen molar-refractivity contribution in [2.45, 2.75) is 6.92 Å². The molecule has 6 nitrogen and oxygen atoms in total. The first-order chi connectivity index (χ1) is 14.7. The van der Waals surface area contributed by atoms with Crippen LogP contribution in [0.3, 0.4) is 0 Å². The zero-order chi connectivity index (χ0) is 20.8. The number of ether oxygens (including phenoxy) is 3. The first-order valence-electron chi connectivity index (χ1n) is 9.71. The topological polar surface area (TPSA) is 69.2 Å². The summed E-state index contributed by atoms with van der Waals surface area (Å²) in [6.07, 6.45) is 0. The molecule has 0 radical (unpaired) electrons. The van der Waals surface area contributed by atoms with E-state index in [9.17, 15) is 4.79 Å². The molecule has 3 aromatic carbocycles. The second-order valence-electron chi connectivity index (χ2n) is 6.74. The van der Waals surface area contributed by atoms with E-state index in [1.807, 2.05) is 79.7 Å². The minimum Gasteiger partial charge on any atom is -0.486 e. The quantitative estimate of drug-likeness (QED) is 0.499. The number of nitrogens with zero attached hydrogens (tertiary/aromatic N) is 1. The number of hydrazone groups is 1. The van der Waals surface area contributed by atoms with E-state index in [-0.39, 0.29) is 12.5 Å². The lowest BCUT2D eigenvalue weighted by Crippen LogP contribution is -2.25. The van der Waals surface area contributed by atoms with E-state index in [1.165, 1.54) is 0 Å². The smallest absolute Gasteiger partial charge is 0.277 e. The second-order valence-corrected chi connectivity index (χ2v) is 6.74. The van der Waals surface area contributed by atoms with E-state index >= 15 is 0 Å². The monoisotopic (exact) mass is 402 g/mol. The third-order valence-electron chi connectivity index (χ3n) is 4.64. The van der Waals surface area contributed by atoms with Gasteiger partial charge < -0.3 is 14.2 Å². The minimum absolute atomic E-state index is 0.137. The summed E-state index contributed by atoms with van der Waals surface area (Å²) < 4.78 is 16.9. The van der Waals surface area contributed by atoms with Crippen molar-refractivity contribution in [2.24, 2.45) is 5.10 Å². The Kier molecular flexibility index (Phi) is 5.94. The van der Waals surface area contributed by atoms with Gasteiger partial charge in [-0.25, -0.2) is 5.43 Å². The third kappa shape index (κ3) is 4.60. The first-order valence-corrected chi connectivity index (χ1v) is 9.71. The molecule has 4 rings (SSSR count). The van der Waals surface area contributed by atoms with Crippen molar-refractivity contribution in [1.82, 2.24) is 5.43 Å². The SMILES string of the molecule is C/C(=N\NC(=O)COc1ccccc1-c1ccccc1)c1ccc2c(c1)OCCO2. The molecule has 0 bridgehead atoms. The van der Waals surface area contributed by atoms with Crippen LogP contribution in [0.15, 0.2) is 77.9 Å². The lowest BCUT2D eigenvalue weighted by molar-refractivity contribution is -0.123. The van der Waals surface area contributed by atoms with E-state index in [0.717, 1.165) is 16.7 Å². The molecule has 6 heteroatoms. The number of hydrogen-bond donors (Lipinski definition) is 1. The van der Waals surface area contributed by atoms with Gasteiger partial charge >= 0.3 is 0 Å². The van der Waals surface area contributed by atoms with Gasteiger partial charge in [-0.2, -0.15) is 5.10 Å². The Bertz CT molecular complexity index is 1060. The molecule has 1 heterocycles. The number of fused-ring (bicyclic) bond motifs is 1. The molecule has 1 amide bonds. The zero-order valence-corrected chi connectivity index (χ0v) is 16.6. The lowest BCUT2D eigenvalue weighted by atomic mass is 10.1. The third-order valence-corrected chi connectivity index (χ3v) is 4.64. The summed E-state index contributed by atoms with van der Waals surface area (Å²) in [7, 11) is 0. The highest BCUT2D eigenvalue weighted by molar-refractivity contribution is 5.99. The number of benzene rings is 3. The van der Waals surface area contributed by atoms with Gasteiger partial charge in [-0.1, -0.05) is 48.5 Å². The maximum absolute atomic E-state index is 12.2. The molecule has 0 atom stereocenters. The highest BCUT2D eigenvalue weighted by Crippen LogP contribution is 2.31. The number of carbonyl (C=O) groups is 1. The fourth-order valence-electron chi connectivity index (χ4n) is 3.10. The highest BCUT2D eigenvalue weighted by atomic mass is 16.6. The summed E-state index contributed by atoms with van der Waals surface area (Å²) in [6, 6.07) is 23.1. The maximum Gasteiger partial charge on any atom is 0.277 e. The van der Waals surface area contributed by atoms with Crippen LogP contribution in [0.1, 0.15) is 12.5 Å². The van der Waals surface area contributed by atoms with Gasteiger partial charge in [0.15, 0.2) is 18.1 Å². The van der Waals surface area contributed by atoms with Crippen molar-refractivity contribution < 1.29 is 19.0 Å². The molecular weight excluding hydrogens is 380 g/mol. The minimum atomic E-state index is -0.338. The highest BCUT2D eigenvalue weighted by Gasteiger charge is 2.13. The van der Waals surface area contributed by atoms with E-state index in [4.69, 9.17) is 14.2 Å². The summed E-state index contributed by atoms with van der Waals surface area (Å²) in [6.45, 7) is 2.74. The Morgan fingerprint density at radius 2 is 1.70 bits per heavy atom. The van der Waals surface area contributed by atoms with Gasteiger partial charge in [0.1, 0.15) is 19.0 Å². The predicted molar refractivity (Wildman–Crippen MR) is 115 cm³/mol.